The van der Waals surface area contributed by atoms with Crippen LogP contribution in [0.25, 0.3) is 11.2 Å². The van der Waals surface area contributed by atoms with Crippen LogP contribution in [-0.4, -0.2) is 19.1 Å². The molecule has 0 aromatic carbocycles. The summed E-state index contributed by atoms with van der Waals surface area (Å²) in [5.74, 6) is 0. The summed E-state index contributed by atoms with van der Waals surface area (Å²) in [6.07, 6.45) is 4.07. The maximum atomic E-state index is 12.3. The Morgan fingerprint density at radius 2 is 1.94 bits per heavy atom. The van der Waals surface area contributed by atoms with Crippen LogP contribution in [0.3, 0.4) is 0 Å². The molecule has 2 aromatic rings. The van der Waals surface area contributed by atoms with Gasteiger partial charge in [0, 0.05) is 12.6 Å². The van der Waals surface area contributed by atoms with Crippen molar-refractivity contribution in [3.05, 3.63) is 23.0 Å². The SMILES string of the molecule is CCC(C)(C)n1cnc2ncn(C)c2c1=O. The number of imidazole rings is 1. The van der Waals surface area contributed by atoms with Gasteiger partial charge in [0.15, 0.2) is 11.2 Å². The fourth-order valence-electron chi connectivity index (χ4n) is 1.64. The Bertz CT molecular complexity index is 579. The highest BCUT2D eigenvalue weighted by atomic mass is 16.1. The van der Waals surface area contributed by atoms with Crippen LogP contribution < -0.4 is 5.56 Å². The number of hydrogen-bond donors (Lipinski definition) is 0. The molecule has 2 rings (SSSR count). The van der Waals surface area contributed by atoms with Gasteiger partial charge in [-0.1, -0.05) is 6.92 Å². The Hall–Kier alpha value is -1.65. The molecule has 0 aliphatic heterocycles. The van der Waals surface area contributed by atoms with E-state index in [0.29, 0.717) is 11.2 Å². The number of aryl methyl sites for hydroxylation is 1. The third kappa shape index (κ3) is 1.43. The van der Waals surface area contributed by atoms with Crippen LogP contribution in [0.15, 0.2) is 17.4 Å². The van der Waals surface area contributed by atoms with Crippen molar-refractivity contribution in [3.63, 3.8) is 0 Å². The lowest BCUT2D eigenvalue weighted by Gasteiger charge is -2.25. The summed E-state index contributed by atoms with van der Waals surface area (Å²) >= 11 is 0. The summed E-state index contributed by atoms with van der Waals surface area (Å²) in [7, 11) is 1.81. The van der Waals surface area contributed by atoms with Crippen molar-refractivity contribution in [2.24, 2.45) is 7.05 Å². The smallest absolute Gasteiger partial charge is 0.280 e. The molecule has 5 nitrogen and oxygen atoms in total. The Labute approximate surface area is 93.8 Å². The first-order valence-corrected chi connectivity index (χ1v) is 5.36. The first-order valence-electron chi connectivity index (χ1n) is 5.36. The molecule has 0 aliphatic carbocycles. The molecule has 2 aromatic heterocycles. The standard InChI is InChI=1S/C11H16N4O/c1-5-11(2,3)15-7-13-9-8(10(15)16)14(4)6-12-9/h6-7H,5H2,1-4H3. The van der Waals surface area contributed by atoms with Gasteiger partial charge in [-0.05, 0) is 20.3 Å². The first-order chi connectivity index (χ1) is 7.47. The third-order valence-corrected chi connectivity index (χ3v) is 3.15. The molecule has 0 fully saturated rings. The van der Waals surface area contributed by atoms with E-state index in [1.165, 1.54) is 0 Å². The number of aromatic nitrogens is 4. The molecule has 16 heavy (non-hydrogen) atoms. The lowest BCUT2D eigenvalue weighted by atomic mass is 10.0. The molecule has 0 spiro atoms. The highest BCUT2D eigenvalue weighted by molar-refractivity contribution is 5.68. The molecule has 0 N–H and O–H groups in total. The molecule has 2 heterocycles. The molecule has 0 radical (unpaired) electrons. The summed E-state index contributed by atoms with van der Waals surface area (Å²) in [6, 6.07) is 0. The van der Waals surface area contributed by atoms with E-state index in [9.17, 15) is 4.79 Å². The van der Waals surface area contributed by atoms with E-state index in [2.05, 4.69) is 16.9 Å². The lowest BCUT2D eigenvalue weighted by molar-refractivity contribution is 0.329. The summed E-state index contributed by atoms with van der Waals surface area (Å²) in [5.41, 5.74) is 0.819. The third-order valence-electron chi connectivity index (χ3n) is 3.15. The zero-order valence-electron chi connectivity index (χ0n) is 10.1. The minimum atomic E-state index is -0.220. The average molecular weight is 220 g/mol. The van der Waals surface area contributed by atoms with Crippen LogP contribution >= 0.6 is 0 Å². The summed E-state index contributed by atoms with van der Waals surface area (Å²) in [6.45, 7) is 6.11. The van der Waals surface area contributed by atoms with Crippen LogP contribution in [0.5, 0.6) is 0 Å². The summed E-state index contributed by atoms with van der Waals surface area (Å²) in [4.78, 5) is 20.6. The maximum Gasteiger partial charge on any atom is 0.280 e. The summed E-state index contributed by atoms with van der Waals surface area (Å²) in [5, 5.41) is 0. The molecule has 5 heteroatoms. The van der Waals surface area contributed by atoms with Gasteiger partial charge in [-0.15, -0.1) is 0 Å². The van der Waals surface area contributed by atoms with Gasteiger partial charge < -0.3 is 4.57 Å². The Morgan fingerprint density at radius 1 is 1.31 bits per heavy atom. The Morgan fingerprint density at radius 3 is 2.56 bits per heavy atom. The number of fused-ring (bicyclic) bond motifs is 1. The quantitative estimate of drug-likeness (QED) is 0.766. The molecular weight excluding hydrogens is 204 g/mol. The average Bonchev–Trinajstić information content (AvgIpc) is 2.61. The van der Waals surface area contributed by atoms with Gasteiger partial charge in [0.2, 0.25) is 0 Å². The van der Waals surface area contributed by atoms with Gasteiger partial charge in [0.25, 0.3) is 5.56 Å². The van der Waals surface area contributed by atoms with Crippen molar-refractivity contribution in [1.29, 1.82) is 0 Å². The van der Waals surface area contributed by atoms with E-state index in [1.54, 1.807) is 21.8 Å². The molecule has 0 unspecified atom stereocenters. The number of nitrogens with zero attached hydrogens (tertiary/aromatic N) is 4. The summed E-state index contributed by atoms with van der Waals surface area (Å²) < 4.78 is 3.39. The zero-order valence-corrected chi connectivity index (χ0v) is 10.1. The maximum absolute atomic E-state index is 12.3. The topological polar surface area (TPSA) is 52.7 Å². The van der Waals surface area contributed by atoms with E-state index < -0.39 is 0 Å². The monoisotopic (exact) mass is 220 g/mol. The minimum Gasteiger partial charge on any atom is -0.328 e. The van der Waals surface area contributed by atoms with Crippen LogP contribution in [0.4, 0.5) is 0 Å². The molecule has 0 bridgehead atoms. The van der Waals surface area contributed by atoms with Crippen molar-refractivity contribution in [2.75, 3.05) is 0 Å². The second-order valence-electron chi connectivity index (χ2n) is 4.61. The minimum absolute atomic E-state index is 0.0307. The predicted molar refractivity (Wildman–Crippen MR) is 62.4 cm³/mol. The van der Waals surface area contributed by atoms with E-state index in [0.717, 1.165) is 6.42 Å². The van der Waals surface area contributed by atoms with E-state index in [4.69, 9.17) is 0 Å². The van der Waals surface area contributed by atoms with E-state index >= 15 is 0 Å². The van der Waals surface area contributed by atoms with Gasteiger partial charge >= 0.3 is 0 Å². The van der Waals surface area contributed by atoms with Crippen molar-refractivity contribution in [3.8, 4) is 0 Å². The van der Waals surface area contributed by atoms with Gasteiger partial charge in [-0.25, -0.2) is 9.97 Å². The normalized spacial score (nSPS) is 12.2. The van der Waals surface area contributed by atoms with Crippen LogP contribution in [0, 0.1) is 0 Å². The van der Waals surface area contributed by atoms with Crippen LogP contribution in [0.2, 0.25) is 0 Å². The van der Waals surface area contributed by atoms with Crippen LogP contribution in [0.1, 0.15) is 27.2 Å². The molecule has 86 valence electrons. The lowest BCUT2D eigenvalue weighted by Crippen LogP contribution is -2.36. The number of rotatable bonds is 2. The second-order valence-corrected chi connectivity index (χ2v) is 4.61. The molecule has 0 atom stereocenters. The molecular formula is C11H16N4O. The largest absolute Gasteiger partial charge is 0.328 e. The van der Waals surface area contributed by atoms with Crippen molar-refractivity contribution in [2.45, 2.75) is 32.7 Å². The zero-order chi connectivity index (χ0) is 11.9. The van der Waals surface area contributed by atoms with Crippen molar-refractivity contribution in [1.82, 2.24) is 19.1 Å². The highest BCUT2D eigenvalue weighted by Crippen LogP contribution is 2.17. The van der Waals surface area contributed by atoms with Crippen molar-refractivity contribution < 1.29 is 0 Å². The van der Waals surface area contributed by atoms with Gasteiger partial charge in [0.05, 0.1) is 6.33 Å². The van der Waals surface area contributed by atoms with Gasteiger partial charge in [0.1, 0.15) is 6.33 Å². The van der Waals surface area contributed by atoms with Crippen LogP contribution in [-0.2, 0) is 12.6 Å². The Balaban J connectivity index is 2.79. The van der Waals surface area contributed by atoms with Gasteiger partial charge in [-0.3, -0.25) is 9.36 Å². The fourth-order valence-corrected chi connectivity index (χ4v) is 1.64. The predicted octanol–water partition coefficient (Wildman–Crippen LogP) is 1.28. The second kappa shape index (κ2) is 3.43. The molecule has 0 saturated heterocycles. The molecule has 0 saturated carbocycles. The van der Waals surface area contributed by atoms with E-state index in [1.807, 2.05) is 20.9 Å². The Kier molecular flexibility index (Phi) is 2.33. The molecule has 0 amide bonds. The molecule has 0 aliphatic rings. The van der Waals surface area contributed by atoms with Crippen molar-refractivity contribution >= 4 is 11.2 Å². The van der Waals surface area contributed by atoms with E-state index in [-0.39, 0.29) is 11.1 Å². The highest BCUT2D eigenvalue weighted by Gasteiger charge is 2.21. The van der Waals surface area contributed by atoms with Gasteiger partial charge in [-0.2, -0.15) is 0 Å². The fraction of sp³-hybridized carbons (Fsp3) is 0.545. The number of hydrogen-bond acceptors (Lipinski definition) is 3. The first kappa shape index (κ1) is 10.9.